The molecule has 110 valence electrons. The Morgan fingerprint density at radius 1 is 1.00 bits per heavy atom. The van der Waals surface area contributed by atoms with Gasteiger partial charge < -0.3 is 9.47 Å². The minimum atomic E-state index is -1.34. The lowest BCUT2D eigenvalue weighted by Gasteiger charge is -2.14. The highest BCUT2D eigenvalue weighted by Crippen LogP contribution is 2.19. The van der Waals surface area contributed by atoms with Gasteiger partial charge in [-0.15, -0.1) is 0 Å². The SMILES string of the molecule is C=CCOC(=O)C(=O)C(C(=O)OCC=C)c1ccccc1. The Morgan fingerprint density at radius 3 is 2.14 bits per heavy atom. The van der Waals surface area contributed by atoms with Crippen LogP contribution in [0.5, 0.6) is 0 Å². The van der Waals surface area contributed by atoms with E-state index in [9.17, 15) is 14.4 Å². The van der Waals surface area contributed by atoms with Gasteiger partial charge in [-0.3, -0.25) is 9.59 Å². The highest BCUT2D eigenvalue weighted by Gasteiger charge is 2.35. The molecule has 0 aliphatic rings. The first kappa shape index (κ1) is 16.4. The van der Waals surface area contributed by atoms with Crippen LogP contribution in [0.3, 0.4) is 0 Å². The third-order valence-electron chi connectivity index (χ3n) is 2.51. The second-order valence-electron chi connectivity index (χ2n) is 4.01. The van der Waals surface area contributed by atoms with Gasteiger partial charge in [0, 0.05) is 0 Å². The molecule has 0 aliphatic heterocycles. The highest BCUT2D eigenvalue weighted by molar-refractivity contribution is 6.39. The molecule has 0 saturated heterocycles. The van der Waals surface area contributed by atoms with Gasteiger partial charge in [0.15, 0.2) is 5.92 Å². The molecule has 1 unspecified atom stereocenters. The first-order chi connectivity index (χ1) is 10.1. The van der Waals surface area contributed by atoms with Crippen LogP contribution in [0.4, 0.5) is 0 Å². The largest absolute Gasteiger partial charge is 0.461 e. The van der Waals surface area contributed by atoms with Crippen molar-refractivity contribution in [2.45, 2.75) is 5.92 Å². The van der Waals surface area contributed by atoms with Crippen LogP contribution in [0.15, 0.2) is 55.6 Å². The van der Waals surface area contributed by atoms with E-state index in [0.717, 1.165) is 0 Å². The molecule has 1 aromatic rings. The van der Waals surface area contributed by atoms with Gasteiger partial charge in [0.05, 0.1) is 0 Å². The van der Waals surface area contributed by atoms with Gasteiger partial charge in [0.25, 0.3) is 5.78 Å². The van der Waals surface area contributed by atoms with E-state index in [1.165, 1.54) is 12.2 Å². The summed E-state index contributed by atoms with van der Waals surface area (Å²) in [5.41, 5.74) is 0.368. The zero-order valence-corrected chi connectivity index (χ0v) is 11.5. The first-order valence-electron chi connectivity index (χ1n) is 6.26. The maximum absolute atomic E-state index is 12.1. The summed E-state index contributed by atoms with van der Waals surface area (Å²) in [5, 5.41) is 0. The Labute approximate surface area is 122 Å². The quantitative estimate of drug-likeness (QED) is 0.316. The number of ether oxygens (including phenoxy) is 2. The van der Waals surface area contributed by atoms with Crippen LogP contribution in [0.2, 0.25) is 0 Å². The fraction of sp³-hybridized carbons (Fsp3) is 0.188. The maximum atomic E-state index is 12.1. The number of rotatable bonds is 8. The molecule has 5 heteroatoms. The van der Waals surface area contributed by atoms with Crippen LogP contribution in [0.25, 0.3) is 0 Å². The molecule has 0 aliphatic carbocycles. The summed E-state index contributed by atoms with van der Waals surface area (Å²) in [7, 11) is 0. The highest BCUT2D eigenvalue weighted by atomic mass is 16.5. The van der Waals surface area contributed by atoms with Crippen molar-refractivity contribution in [3.8, 4) is 0 Å². The Balaban J connectivity index is 2.99. The van der Waals surface area contributed by atoms with Crippen molar-refractivity contribution < 1.29 is 23.9 Å². The summed E-state index contributed by atoms with van der Waals surface area (Å²) in [6, 6.07) is 8.18. The summed E-state index contributed by atoms with van der Waals surface area (Å²) < 4.78 is 9.55. The van der Waals surface area contributed by atoms with Gasteiger partial charge in [0.1, 0.15) is 13.2 Å². The molecule has 0 heterocycles. The van der Waals surface area contributed by atoms with Gasteiger partial charge in [-0.05, 0) is 5.56 Å². The molecule has 0 N–H and O–H groups in total. The lowest BCUT2D eigenvalue weighted by atomic mass is 9.95. The summed E-state index contributed by atoms with van der Waals surface area (Å²) >= 11 is 0. The molecule has 0 aromatic heterocycles. The van der Waals surface area contributed by atoms with Crippen LogP contribution in [0.1, 0.15) is 11.5 Å². The number of ketones is 1. The molecule has 21 heavy (non-hydrogen) atoms. The van der Waals surface area contributed by atoms with Crippen LogP contribution in [-0.2, 0) is 23.9 Å². The van der Waals surface area contributed by atoms with Crippen molar-refractivity contribution in [3.05, 3.63) is 61.2 Å². The maximum Gasteiger partial charge on any atom is 0.376 e. The standard InChI is InChI=1S/C16H16O5/c1-3-10-20-15(18)13(12-8-6-5-7-9-12)14(17)16(19)21-11-4-2/h3-9,13H,1-2,10-11H2. The fourth-order valence-electron chi connectivity index (χ4n) is 1.59. The monoisotopic (exact) mass is 288 g/mol. The molecule has 0 amide bonds. The number of hydrogen-bond acceptors (Lipinski definition) is 5. The molecule has 0 bridgehead atoms. The Morgan fingerprint density at radius 2 is 1.57 bits per heavy atom. The fourth-order valence-corrected chi connectivity index (χ4v) is 1.59. The average molecular weight is 288 g/mol. The number of Topliss-reactive ketones (excluding diaryl/α,β-unsaturated/α-hetero) is 1. The van der Waals surface area contributed by atoms with Gasteiger partial charge in [-0.25, -0.2) is 4.79 Å². The van der Waals surface area contributed by atoms with Gasteiger partial charge >= 0.3 is 11.9 Å². The van der Waals surface area contributed by atoms with Crippen molar-refractivity contribution in [1.29, 1.82) is 0 Å². The predicted molar refractivity (Wildman–Crippen MR) is 76.5 cm³/mol. The molecule has 0 spiro atoms. The molecule has 1 atom stereocenters. The topological polar surface area (TPSA) is 69.7 Å². The molecule has 0 fully saturated rings. The van der Waals surface area contributed by atoms with Crippen molar-refractivity contribution in [1.82, 2.24) is 0 Å². The number of carbonyl (C=O) groups is 3. The van der Waals surface area contributed by atoms with E-state index in [1.54, 1.807) is 30.3 Å². The normalized spacial score (nSPS) is 11.0. The van der Waals surface area contributed by atoms with E-state index in [0.29, 0.717) is 5.56 Å². The third-order valence-corrected chi connectivity index (χ3v) is 2.51. The van der Waals surface area contributed by atoms with Crippen LogP contribution < -0.4 is 0 Å². The summed E-state index contributed by atoms with van der Waals surface area (Å²) in [6.07, 6.45) is 2.71. The molecule has 1 rings (SSSR count). The van der Waals surface area contributed by atoms with E-state index in [2.05, 4.69) is 17.9 Å². The lowest BCUT2D eigenvalue weighted by Crippen LogP contribution is -2.31. The minimum Gasteiger partial charge on any atom is -0.461 e. The zero-order valence-electron chi connectivity index (χ0n) is 11.5. The van der Waals surface area contributed by atoms with Crippen LogP contribution >= 0.6 is 0 Å². The smallest absolute Gasteiger partial charge is 0.376 e. The molecule has 1 aromatic carbocycles. The first-order valence-corrected chi connectivity index (χ1v) is 6.26. The summed E-state index contributed by atoms with van der Waals surface area (Å²) in [6.45, 7) is 6.65. The number of esters is 2. The van der Waals surface area contributed by atoms with Crippen molar-refractivity contribution >= 4 is 17.7 Å². The molecule has 5 nitrogen and oxygen atoms in total. The molecule has 0 radical (unpaired) electrons. The van der Waals surface area contributed by atoms with Crippen molar-refractivity contribution in [2.75, 3.05) is 13.2 Å². The van der Waals surface area contributed by atoms with E-state index in [1.807, 2.05) is 0 Å². The third kappa shape index (κ3) is 4.72. The lowest BCUT2D eigenvalue weighted by molar-refractivity contribution is -0.158. The molecular formula is C16H16O5. The van der Waals surface area contributed by atoms with Gasteiger partial charge in [-0.1, -0.05) is 55.6 Å². The average Bonchev–Trinajstić information content (AvgIpc) is 2.51. The van der Waals surface area contributed by atoms with E-state index in [4.69, 9.17) is 4.74 Å². The Hall–Kier alpha value is -2.69. The number of hydrogen-bond donors (Lipinski definition) is 0. The summed E-state index contributed by atoms with van der Waals surface area (Å²) in [5.74, 6) is -4.23. The molecular weight excluding hydrogens is 272 g/mol. The van der Waals surface area contributed by atoms with Crippen molar-refractivity contribution in [3.63, 3.8) is 0 Å². The van der Waals surface area contributed by atoms with Crippen molar-refractivity contribution in [2.24, 2.45) is 0 Å². The van der Waals surface area contributed by atoms with Crippen LogP contribution in [0, 0.1) is 0 Å². The van der Waals surface area contributed by atoms with Gasteiger partial charge in [-0.2, -0.15) is 0 Å². The Bertz CT molecular complexity index is 533. The van der Waals surface area contributed by atoms with E-state index < -0.39 is 23.6 Å². The second-order valence-corrected chi connectivity index (χ2v) is 4.01. The second kappa shape index (κ2) is 8.47. The summed E-state index contributed by atoms with van der Waals surface area (Å²) in [4.78, 5) is 35.8. The van der Waals surface area contributed by atoms with Crippen LogP contribution in [-0.4, -0.2) is 30.9 Å². The predicted octanol–water partition coefficient (Wildman–Crippen LogP) is 1.80. The number of benzene rings is 1. The molecule has 0 saturated carbocycles. The Kier molecular flexibility index (Phi) is 6.60. The van der Waals surface area contributed by atoms with E-state index in [-0.39, 0.29) is 13.2 Å². The number of carbonyl (C=O) groups excluding carboxylic acids is 3. The van der Waals surface area contributed by atoms with E-state index >= 15 is 0 Å². The van der Waals surface area contributed by atoms with Gasteiger partial charge in [0.2, 0.25) is 0 Å². The zero-order chi connectivity index (χ0) is 15.7. The minimum absolute atomic E-state index is 0.0445.